The molecule has 0 aromatic rings. The molecule has 0 amide bonds. The summed E-state index contributed by atoms with van der Waals surface area (Å²) in [5.41, 5.74) is 0. The summed E-state index contributed by atoms with van der Waals surface area (Å²) in [5, 5.41) is 0. The number of hydrogen-bond acceptors (Lipinski definition) is 1. The van der Waals surface area contributed by atoms with Crippen molar-refractivity contribution < 1.29 is 23.6 Å². The Bertz CT molecular complexity index is 90.9. The van der Waals surface area contributed by atoms with Gasteiger partial charge in [0, 0.05) is 13.2 Å². The molecule has 1 atom stereocenters. The van der Waals surface area contributed by atoms with E-state index in [1.54, 1.807) is 7.11 Å². The zero-order valence-electron chi connectivity index (χ0n) is 6.18. The molecule has 0 aromatic carbocycles. The Morgan fingerprint density at radius 2 is 2.44 bits per heavy atom. The fourth-order valence-electron chi connectivity index (χ4n) is 0.889. The Morgan fingerprint density at radius 1 is 1.67 bits per heavy atom. The number of rotatable bonds is 1. The molecule has 0 saturated heterocycles. The molecule has 9 heavy (non-hydrogen) atoms. The molecule has 1 aliphatic rings. The van der Waals surface area contributed by atoms with Gasteiger partial charge in [-0.15, -0.1) is 0 Å². The molecule has 46 valence electrons. The van der Waals surface area contributed by atoms with Gasteiger partial charge in [0.15, 0.2) is 0 Å². The second-order valence-corrected chi connectivity index (χ2v) is 2.05. The van der Waals surface area contributed by atoms with Gasteiger partial charge < -0.3 is 10.8 Å². The van der Waals surface area contributed by atoms with Crippen LogP contribution in [0.3, 0.4) is 0 Å². The molecule has 0 N–H and O–H groups in total. The van der Waals surface area contributed by atoms with Crippen molar-refractivity contribution in [2.45, 2.75) is 25.4 Å². The molecule has 0 bridgehead atoms. The van der Waals surface area contributed by atoms with Crippen LogP contribution in [-0.4, -0.2) is 13.2 Å². The molecule has 0 radical (unpaired) electrons. The quantitative estimate of drug-likeness (QED) is 0.302. The van der Waals surface area contributed by atoms with Gasteiger partial charge in [0.05, 0.1) is 0 Å². The topological polar surface area (TPSA) is 9.23 Å². The van der Waals surface area contributed by atoms with Crippen molar-refractivity contribution in [3.05, 3.63) is 12.2 Å². The zero-order chi connectivity index (χ0) is 5.82. The largest absolute Gasteiger partial charge is 1.00 e. The smallest absolute Gasteiger partial charge is 0.498 e. The van der Waals surface area contributed by atoms with Gasteiger partial charge in [0.25, 0.3) is 0 Å². The molecule has 0 spiro atoms. The first-order chi connectivity index (χ1) is 3.93. The van der Waals surface area contributed by atoms with Gasteiger partial charge in [0.1, 0.15) is 0 Å². The van der Waals surface area contributed by atoms with E-state index in [9.17, 15) is 0 Å². The van der Waals surface area contributed by atoms with Gasteiger partial charge >= 0.3 is 18.9 Å². The van der Waals surface area contributed by atoms with E-state index in [2.05, 4.69) is 12.2 Å². The Morgan fingerprint density at radius 3 is 2.78 bits per heavy atom. The zero-order valence-corrected chi connectivity index (χ0v) is 6.18. The van der Waals surface area contributed by atoms with Crippen LogP contribution in [0.5, 0.6) is 0 Å². The molecule has 1 nitrogen and oxygen atoms in total. The van der Waals surface area contributed by atoms with E-state index in [0.717, 1.165) is 12.8 Å². The third-order valence-electron chi connectivity index (χ3n) is 1.46. The average molecular weight is 118 g/mol. The summed E-state index contributed by atoms with van der Waals surface area (Å²) in [7, 11) is 1.76. The van der Waals surface area contributed by atoms with Gasteiger partial charge in [-0.25, -0.2) is 0 Å². The Labute approximate surface area is 68.6 Å². The predicted molar refractivity (Wildman–Crippen MR) is 32.5 cm³/mol. The molecular weight excluding hydrogens is 107 g/mol. The van der Waals surface area contributed by atoms with Crippen molar-refractivity contribution in [2.75, 3.05) is 7.11 Å². The molecule has 1 rings (SSSR count). The van der Waals surface area contributed by atoms with Crippen LogP contribution in [0.2, 0.25) is 0 Å². The minimum atomic E-state index is 0. The van der Waals surface area contributed by atoms with E-state index in [1.807, 2.05) is 0 Å². The van der Waals surface area contributed by atoms with Crippen molar-refractivity contribution in [2.24, 2.45) is 0 Å². The Hall–Kier alpha value is 0.297. The first-order valence-electron chi connectivity index (χ1n) is 3.01. The summed E-state index contributed by atoms with van der Waals surface area (Å²) in [6.07, 6.45) is 8.96. The molecule has 0 aliphatic heterocycles. The predicted octanol–water partition coefficient (Wildman–Crippen LogP) is -1.45. The maximum Gasteiger partial charge on any atom is 1.00 e. The monoisotopic (exact) mass is 118 g/mol. The summed E-state index contributed by atoms with van der Waals surface area (Å²) in [6.45, 7) is 0. The number of allylic oxidation sites excluding steroid dienone is 1. The van der Waals surface area contributed by atoms with Gasteiger partial charge in [0.2, 0.25) is 0 Å². The number of hydrogen-bond donors (Lipinski definition) is 0. The standard InChI is InChI=1S/C7H11O.Li/c1-8-7-5-3-2-4-6-7;/h2,7H,3,5-6H2,1H3;/q-1;+1. The summed E-state index contributed by atoms with van der Waals surface area (Å²) >= 11 is 0. The minimum Gasteiger partial charge on any atom is -0.498 e. The van der Waals surface area contributed by atoms with Crippen LogP contribution < -0.4 is 18.9 Å². The van der Waals surface area contributed by atoms with Crippen LogP contribution in [0.4, 0.5) is 0 Å². The van der Waals surface area contributed by atoms with E-state index in [1.165, 1.54) is 6.42 Å². The molecular formula is C7H11LiO. The maximum atomic E-state index is 5.11. The first-order valence-corrected chi connectivity index (χ1v) is 3.01. The maximum absolute atomic E-state index is 5.11. The van der Waals surface area contributed by atoms with E-state index in [0.29, 0.717) is 6.10 Å². The number of methoxy groups -OCH3 is 1. The van der Waals surface area contributed by atoms with Gasteiger partial charge in [-0.3, -0.25) is 6.08 Å². The summed E-state index contributed by atoms with van der Waals surface area (Å²) in [6, 6.07) is 0. The summed E-state index contributed by atoms with van der Waals surface area (Å²) in [4.78, 5) is 0. The normalized spacial score (nSPS) is 25.2. The second-order valence-electron chi connectivity index (χ2n) is 2.05. The van der Waals surface area contributed by atoms with Crippen LogP contribution in [0.1, 0.15) is 19.3 Å². The van der Waals surface area contributed by atoms with Crippen molar-refractivity contribution in [1.29, 1.82) is 0 Å². The Balaban J connectivity index is 0.000000640. The van der Waals surface area contributed by atoms with Crippen LogP contribution in [0.25, 0.3) is 0 Å². The average Bonchev–Trinajstić information content (AvgIpc) is 1.90. The molecule has 1 aliphatic carbocycles. The number of ether oxygens (including phenoxy) is 1. The van der Waals surface area contributed by atoms with Gasteiger partial charge in [-0.1, -0.05) is 6.42 Å². The fraction of sp³-hybridized carbons (Fsp3) is 0.714. The summed E-state index contributed by atoms with van der Waals surface area (Å²) in [5.74, 6) is 0. The molecule has 0 fully saturated rings. The van der Waals surface area contributed by atoms with E-state index in [4.69, 9.17) is 4.74 Å². The van der Waals surface area contributed by atoms with Gasteiger partial charge in [-0.05, 0) is 6.42 Å². The third-order valence-corrected chi connectivity index (χ3v) is 1.46. The fourth-order valence-corrected chi connectivity index (χ4v) is 0.889. The third kappa shape index (κ3) is 3.10. The summed E-state index contributed by atoms with van der Waals surface area (Å²) < 4.78 is 5.11. The molecule has 2 heteroatoms. The first kappa shape index (κ1) is 9.30. The molecule has 1 unspecified atom stereocenters. The van der Waals surface area contributed by atoms with Crippen LogP contribution >= 0.6 is 0 Å². The van der Waals surface area contributed by atoms with Crippen molar-refractivity contribution in [1.82, 2.24) is 0 Å². The van der Waals surface area contributed by atoms with Crippen molar-refractivity contribution in [3.63, 3.8) is 0 Å². The SMILES string of the molecule is COC1C[C-]=CCC1.[Li+]. The minimum absolute atomic E-state index is 0. The van der Waals surface area contributed by atoms with Crippen LogP contribution in [0.15, 0.2) is 6.08 Å². The molecule has 0 aromatic heterocycles. The van der Waals surface area contributed by atoms with Crippen LogP contribution in [0, 0.1) is 6.08 Å². The Kier molecular flexibility index (Phi) is 5.28. The molecule has 0 saturated carbocycles. The van der Waals surface area contributed by atoms with E-state index < -0.39 is 0 Å². The van der Waals surface area contributed by atoms with Crippen molar-refractivity contribution in [3.8, 4) is 0 Å². The molecule has 0 heterocycles. The van der Waals surface area contributed by atoms with Crippen molar-refractivity contribution >= 4 is 0 Å². The second kappa shape index (κ2) is 5.11. The van der Waals surface area contributed by atoms with Gasteiger partial charge in [-0.2, -0.15) is 6.42 Å². The van der Waals surface area contributed by atoms with E-state index in [-0.39, 0.29) is 18.9 Å². The van der Waals surface area contributed by atoms with E-state index >= 15 is 0 Å². The van der Waals surface area contributed by atoms with Crippen LogP contribution in [-0.2, 0) is 4.74 Å².